The lowest BCUT2D eigenvalue weighted by Crippen LogP contribution is -1.84. The van der Waals surface area contributed by atoms with E-state index in [1.54, 1.807) is 18.2 Å². The third kappa shape index (κ3) is 1.57. The van der Waals surface area contributed by atoms with Crippen LogP contribution in [0.1, 0.15) is 0 Å². The van der Waals surface area contributed by atoms with Crippen molar-refractivity contribution in [3.05, 3.63) is 45.8 Å². The molecule has 1 heterocycles. The SMILES string of the molecule is Fc1ccc(Br)c(Cl)c1-c1ccco1. The van der Waals surface area contributed by atoms with E-state index in [9.17, 15) is 4.39 Å². The third-order valence-electron chi connectivity index (χ3n) is 1.81. The zero-order valence-electron chi connectivity index (χ0n) is 6.93. The van der Waals surface area contributed by atoms with Crippen molar-refractivity contribution in [3.63, 3.8) is 0 Å². The van der Waals surface area contributed by atoms with Crippen LogP contribution >= 0.6 is 27.5 Å². The van der Waals surface area contributed by atoms with Gasteiger partial charge >= 0.3 is 0 Å². The summed E-state index contributed by atoms with van der Waals surface area (Å²) in [6, 6.07) is 6.25. The van der Waals surface area contributed by atoms with Crippen LogP contribution in [0.3, 0.4) is 0 Å². The molecular formula is C10H5BrClFO. The van der Waals surface area contributed by atoms with E-state index < -0.39 is 5.82 Å². The molecule has 0 unspecified atom stereocenters. The van der Waals surface area contributed by atoms with Gasteiger partial charge in [-0.25, -0.2) is 4.39 Å². The van der Waals surface area contributed by atoms with Crippen molar-refractivity contribution in [2.75, 3.05) is 0 Å². The molecule has 14 heavy (non-hydrogen) atoms. The predicted octanol–water partition coefficient (Wildman–Crippen LogP) is 4.50. The van der Waals surface area contributed by atoms with Gasteiger partial charge in [-0.2, -0.15) is 0 Å². The Balaban J connectivity index is 2.69. The summed E-state index contributed by atoms with van der Waals surface area (Å²) in [6.07, 6.45) is 1.48. The molecule has 0 aliphatic carbocycles. The molecule has 0 amide bonds. The van der Waals surface area contributed by atoms with Crippen LogP contribution in [0.4, 0.5) is 4.39 Å². The van der Waals surface area contributed by atoms with Gasteiger partial charge in [-0.3, -0.25) is 0 Å². The van der Waals surface area contributed by atoms with E-state index in [1.807, 2.05) is 0 Å². The Morgan fingerprint density at radius 2 is 2.07 bits per heavy atom. The van der Waals surface area contributed by atoms with Crippen LogP contribution in [0.2, 0.25) is 5.02 Å². The average Bonchev–Trinajstić information content (AvgIpc) is 2.65. The highest BCUT2D eigenvalue weighted by Gasteiger charge is 2.14. The highest BCUT2D eigenvalue weighted by Crippen LogP contribution is 2.35. The van der Waals surface area contributed by atoms with E-state index in [1.165, 1.54) is 12.3 Å². The Bertz CT molecular complexity index is 453. The van der Waals surface area contributed by atoms with Gasteiger partial charge in [0, 0.05) is 4.47 Å². The fourth-order valence-electron chi connectivity index (χ4n) is 1.17. The maximum atomic E-state index is 13.4. The van der Waals surface area contributed by atoms with Crippen molar-refractivity contribution >= 4 is 27.5 Å². The fourth-order valence-corrected chi connectivity index (χ4v) is 1.75. The molecular weight excluding hydrogens is 270 g/mol. The highest BCUT2D eigenvalue weighted by atomic mass is 79.9. The molecule has 0 aliphatic heterocycles. The minimum Gasteiger partial charge on any atom is -0.464 e. The number of halogens is 3. The van der Waals surface area contributed by atoms with E-state index in [0.29, 0.717) is 15.3 Å². The predicted molar refractivity (Wildman–Crippen MR) is 56.8 cm³/mol. The summed E-state index contributed by atoms with van der Waals surface area (Å²) in [6.45, 7) is 0. The lowest BCUT2D eigenvalue weighted by molar-refractivity contribution is 0.569. The number of hydrogen-bond acceptors (Lipinski definition) is 1. The molecule has 0 saturated heterocycles. The molecule has 4 heteroatoms. The van der Waals surface area contributed by atoms with Crippen molar-refractivity contribution in [2.24, 2.45) is 0 Å². The molecule has 72 valence electrons. The van der Waals surface area contributed by atoms with Crippen molar-refractivity contribution in [1.82, 2.24) is 0 Å². The van der Waals surface area contributed by atoms with Crippen LogP contribution in [0.5, 0.6) is 0 Å². The van der Waals surface area contributed by atoms with Crippen LogP contribution in [0.15, 0.2) is 39.4 Å². The molecule has 1 aromatic carbocycles. The van der Waals surface area contributed by atoms with Crippen molar-refractivity contribution in [2.45, 2.75) is 0 Å². The summed E-state index contributed by atoms with van der Waals surface area (Å²) < 4.78 is 19.2. The topological polar surface area (TPSA) is 13.1 Å². The van der Waals surface area contributed by atoms with Crippen LogP contribution in [0.25, 0.3) is 11.3 Å². The van der Waals surface area contributed by atoms with Crippen molar-refractivity contribution in [3.8, 4) is 11.3 Å². The molecule has 1 aromatic heterocycles. The van der Waals surface area contributed by atoms with Gasteiger partial charge < -0.3 is 4.42 Å². The Morgan fingerprint density at radius 1 is 1.29 bits per heavy atom. The maximum Gasteiger partial charge on any atom is 0.138 e. The molecule has 0 aliphatic rings. The zero-order chi connectivity index (χ0) is 10.1. The summed E-state index contributed by atoms with van der Waals surface area (Å²) in [5.74, 6) is 0.0296. The van der Waals surface area contributed by atoms with Gasteiger partial charge in [0.2, 0.25) is 0 Å². The van der Waals surface area contributed by atoms with Crippen molar-refractivity contribution < 1.29 is 8.81 Å². The molecule has 0 spiro atoms. The van der Waals surface area contributed by atoms with Crippen LogP contribution in [-0.4, -0.2) is 0 Å². The van der Waals surface area contributed by atoms with Crippen LogP contribution in [-0.2, 0) is 0 Å². The van der Waals surface area contributed by atoms with Gasteiger partial charge in [0.25, 0.3) is 0 Å². The maximum absolute atomic E-state index is 13.4. The quantitative estimate of drug-likeness (QED) is 0.698. The smallest absolute Gasteiger partial charge is 0.138 e. The summed E-state index contributed by atoms with van der Waals surface area (Å²) in [7, 11) is 0. The van der Waals surface area contributed by atoms with Crippen LogP contribution < -0.4 is 0 Å². The molecule has 1 nitrogen and oxygen atoms in total. The second-order valence-electron chi connectivity index (χ2n) is 2.70. The average molecular weight is 276 g/mol. The molecule has 2 aromatic rings. The minimum absolute atomic E-state index is 0.283. The molecule has 0 atom stereocenters. The highest BCUT2D eigenvalue weighted by molar-refractivity contribution is 9.10. The number of furan rings is 1. The first-order valence-corrected chi connectivity index (χ1v) is 5.04. The largest absolute Gasteiger partial charge is 0.464 e. The summed E-state index contributed by atoms with van der Waals surface area (Å²) >= 11 is 9.17. The van der Waals surface area contributed by atoms with Gasteiger partial charge in [-0.05, 0) is 40.2 Å². The molecule has 0 saturated carbocycles. The standard InChI is InChI=1S/C10H5BrClFO/c11-6-3-4-7(13)9(10(6)12)8-2-1-5-14-8/h1-5H. The van der Waals surface area contributed by atoms with E-state index in [0.717, 1.165) is 0 Å². The van der Waals surface area contributed by atoms with E-state index in [4.69, 9.17) is 16.0 Å². The molecule has 0 fully saturated rings. The van der Waals surface area contributed by atoms with E-state index in [2.05, 4.69) is 15.9 Å². The van der Waals surface area contributed by atoms with Gasteiger partial charge in [0.05, 0.1) is 16.8 Å². The Morgan fingerprint density at radius 3 is 2.71 bits per heavy atom. The molecule has 0 N–H and O–H groups in total. The zero-order valence-corrected chi connectivity index (χ0v) is 9.27. The summed E-state index contributed by atoms with van der Waals surface area (Å²) in [5, 5.41) is 0.319. The normalized spacial score (nSPS) is 10.5. The summed E-state index contributed by atoms with van der Waals surface area (Å²) in [5.41, 5.74) is 0.283. The molecule has 2 rings (SSSR count). The second-order valence-corrected chi connectivity index (χ2v) is 3.93. The number of benzene rings is 1. The first-order chi connectivity index (χ1) is 6.70. The lowest BCUT2D eigenvalue weighted by atomic mass is 10.1. The second kappa shape index (κ2) is 3.75. The number of rotatable bonds is 1. The Hall–Kier alpha value is -0.800. The first kappa shape index (κ1) is 9.74. The van der Waals surface area contributed by atoms with Gasteiger partial charge in [-0.15, -0.1) is 0 Å². The summed E-state index contributed by atoms with van der Waals surface area (Å²) in [4.78, 5) is 0. The lowest BCUT2D eigenvalue weighted by Gasteiger charge is -2.04. The van der Waals surface area contributed by atoms with E-state index in [-0.39, 0.29) is 5.56 Å². The molecule has 0 bridgehead atoms. The van der Waals surface area contributed by atoms with Crippen LogP contribution in [0, 0.1) is 5.82 Å². The number of hydrogen-bond donors (Lipinski definition) is 0. The van der Waals surface area contributed by atoms with Gasteiger partial charge in [0.15, 0.2) is 0 Å². The van der Waals surface area contributed by atoms with Gasteiger partial charge in [-0.1, -0.05) is 11.6 Å². The third-order valence-corrected chi connectivity index (χ3v) is 3.09. The van der Waals surface area contributed by atoms with Crippen molar-refractivity contribution in [1.29, 1.82) is 0 Å². The first-order valence-electron chi connectivity index (χ1n) is 3.87. The fraction of sp³-hybridized carbons (Fsp3) is 0. The monoisotopic (exact) mass is 274 g/mol. The Kier molecular flexibility index (Phi) is 2.61. The van der Waals surface area contributed by atoms with Gasteiger partial charge in [0.1, 0.15) is 11.6 Å². The minimum atomic E-state index is -0.395. The Labute approximate surface area is 93.6 Å². The van der Waals surface area contributed by atoms with E-state index >= 15 is 0 Å². The molecule has 0 radical (unpaired) electrons.